The lowest BCUT2D eigenvalue weighted by atomic mass is 9.87. The molecule has 0 bridgehead atoms. The van der Waals surface area contributed by atoms with Gasteiger partial charge in [-0.2, -0.15) is 5.10 Å². The Balaban J connectivity index is 3.09. The molecule has 2 nitrogen and oxygen atoms in total. The van der Waals surface area contributed by atoms with Crippen molar-refractivity contribution in [3.05, 3.63) is 17.5 Å². The Morgan fingerprint density at radius 2 is 2.17 bits per heavy atom. The molecule has 0 N–H and O–H groups in total. The molecule has 0 saturated carbocycles. The third kappa shape index (κ3) is 1.71. The summed E-state index contributed by atoms with van der Waals surface area (Å²) in [5, 5.41) is 5.29. The van der Waals surface area contributed by atoms with E-state index in [0.29, 0.717) is 0 Å². The summed E-state index contributed by atoms with van der Waals surface area (Å²) in [6.07, 6.45) is 2.09. The van der Waals surface area contributed by atoms with Gasteiger partial charge in [-0.3, -0.25) is 4.68 Å². The lowest BCUT2D eigenvalue weighted by Gasteiger charge is -2.20. The van der Waals surface area contributed by atoms with E-state index in [-0.39, 0.29) is 5.41 Å². The Kier molecular flexibility index (Phi) is 2.61. The van der Waals surface area contributed by atoms with Gasteiger partial charge in [-0.05, 0) is 12.5 Å². The van der Waals surface area contributed by atoms with Crippen LogP contribution in [0.5, 0.6) is 0 Å². The first-order valence-corrected chi connectivity index (χ1v) is 5.16. The molecule has 1 aromatic rings. The van der Waals surface area contributed by atoms with Crippen molar-refractivity contribution < 1.29 is 0 Å². The molecule has 3 heteroatoms. The Labute approximate surface area is 82.1 Å². The van der Waals surface area contributed by atoms with Crippen LogP contribution in [-0.2, 0) is 12.5 Å². The molecule has 0 fully saturated rings. The van der Waals surface area contributed by atoms with Crippen LogP contribution < -0.4 is 0 Å². The summed E-state index contributed by atoms with van der Waals surface area (Å²) in [5.41, 5.74) is 2.63. The molecular formula is C9H15BrN2. The van der Waals surface area contributed by atoms with Gasteiger partial charge in [-0.1, -0.05) is 29.8 Å². The molecule has 0 aromatic carbocycles. The maximum Gasteiger partial charge on any atom is 0.0631 e. The maximum atomic E-state index is 4.32. The number of rotatable bonds is 2. The Morgan fingerprint density at radius 1 is 1.58 bits per heavy atom. The molecule has 0 radical (unpaired) electrons. The Hall–Kier alpha value is -0.310. The second kappa shape index (κ2) is 3.21. The van der Waals surface area contributed by atoms with Gasteiger partial charge in [0.2, 0.25) is 0 Å². The van der Waals surface area contributed by atoms with E-state index in [0.717, 1.165) is 11.0 Å². The molecule has 0 aliphatic rings. The molecule has 0 aliphatic heterocycles. The number of aryl methyl sites for hydroxylation is 2. The quantitative estimate of drug-likeness (QED) is 0.714. The van der Waals surface area contributed by atoms with Crippen molar-refractivity contribution in [2.24, 2.45) is 7.05 Å². The van der Waals surface area contributed by atoms with E-state index in [4.69, 9.17) is 0 Å². The van der Waals surface area contributed by atoms with Gasteiger partial charge < -0.3 is 0 Å². The van der Waals surface area contributed by atoms with Crippen LogP contribution in [0.25, 0.3) is 0 Å². The van der Waals surface area contributed by atoms with Crippen molar-refractivity contribution in [2.45, 2.75) is 26.2 Å². The van der Waals surface area contributed by atoms with Crippen LogP contribution in [0.15, 0.2) is 6.20 Å². The summed E-state index contributed by atoms with van der Waals surface area (Å²) in [6.45, 7) is 6.48. The summed E-state index contributed by atoms with van der Waals surface area (Å²) < 4.78 is 1.87. The van der Waals surface area contributed by atoms with Crippen LogP contribution in [0, 0.1) is 6.92 Å². The van der Waals surface area contributed by atoms with Gasteiger partial charge in [0, 0.05) is 24.0 Å². The summed E-state index contributed by atoms with van der Waals surface area (Å²) in [7, 11) is 1.96. The largest absolute Gasteiger partial charge is 0.275 e. The standard InChI is InChI=1S/C9H15BrN2/c1-7-8(5-12(4)11-7)9(2,3)6-10/h5H,6H2,1-4H3. The fourth-order valence-corrected chi connectivity index (χ4v) is 1.64. The minimum atomic E-state index is 0.179. The van der Waals surface area contributed by atoms with Crippen molar-refractivity contribution in [2.75, 3.05) is 5.33 Å². The lowest BCUT2D eigenvalue weighted by Crippen LogP contribution is -2.19. The van der Waals surface area contributed by atoms with Gasteiger partial charge in [0.25, 0.3) is 0 Å². The van der Waals surface area contributed by atoms with Crippen molar-refractivity contribution in [1.29, 1.82) is 0 Å². The molecule has 1 heterocycles. The zero-order valence-electron chi connectivity index (χ0n) is 8.06. The number of nitrogens with zero attached hydrogens (tertiary/aromatic N) is 2. The predicted molar refractivity (Wildman–Crippen MR) is 54.8 cm³/mol. The maximum absolute atomic E-state index is 4.32. The number of hydrogen-bond acceptors (Lipinski definition) is 1. The number of alkyl halides is 1. The minimum Gasteiger partial charge on any atom is -0.275 e. The van der Waals surface area contributed by atoms with E-state index >= 15 is 0 Å². The van der Waals surface area contributed by atoms with Gasteiger partial charge in [-0.15, -0.1) is 0 Å². The van der Waals surface area contributed by atoms with Gasteiger partial charge in [0.1, 0.15) is 0 Å². The first-order valence-electron chi connectivity index (χ1n) is 4.04. The molecule has 0 atom stereocenters. The molecule has 0 saturated heterocycles. The van der Waals surface area contributed by atoms with E-state index < -0.39 is 0 Å². The second-order valence-electron chi connectivity index (χ2n) is 3.82. The molecule has 0 unspecified atom stereocenters. The monoisotopic (exact) mass is 230 g/mol. The third-order valence-corrected chi connectivity index (χ3v) is 3.48. The smallest absolute Gasteiger partial charge is 0.0631 e. The fraction of sp³-hybridized carbons (Fsp3) is 0.667. The molecular weight excluding hydrogens is 216 g/mol. The third-order valence-electron chi connectivity index (χ3n) is 2.08. The Morgan fingerprint density at radius 3 is 2.50 bits per heavy atom. The second-order valence-corrected chi connectivity index (χ2v) is 4.38. The van der Waals surface area contributed by atoms with E-state index in [1.807, 2.05) is 11.7 Å². The summed E-state index contributed by atoms with van der Waals surface area (Å²) in [6, 6.07) is 0. The molecule has 0 spiro atoms. The normalized spacial score (nSPS) is 12.1. The zero-order valence-corrected chi connectivity index (χ0v) is 9.64. The highest BCUT2D eigenvalue weighted by Crippen LogP contribution is 2.27. The van der Waals surface area contributed by atoms with Crippen LogP contribution in [0.3, 0.4) is 0 Å². The van der Waals surface area contributed by atoms with Crippen LogP contribution >= 0.6 is 15.9 Å². The molecule has 68 valence electrons. The first-order chi connectivity index (χ1) is 5.47. The minimum absolute atomic E-state index is 0.179. The molecule has 0 amide bonds. The molecule has 0 aliphatic carbocycles. The van der Waals surface area contributed by atoms with E-state index in [2.05, 4.69) is 48.0 Å². The SMILES string of the molecule is Cc1nn(C)cc1C(C)(C)CBr. The number of halogens is 1. The van der Waals surface area contributed by atoms with Crippen LogP contribution in [0.4, 0.5) is 0 Å². The topological polar surface area (TPSA) is 17.8 Å². The van der Waals surface area contributed by atoms with Gasteiger partial charge >= 0.3 is 0 Å². The number of hydrogen-bond donors (Lipinski definition) is 0. The van der Waals surface area contributed by atoms with Crippen molar-refractivity contribution in [3.63, 3.8) is 0 Å². The van der Waals surface area contributed by atoms with Gasteiger partial charge in [-0.25, -0.2) is 0 Å². The van der Waals surface area contributed by atoms with E-state index in [1.54, 1.807) is 0 Å². The molecule has 1 rings (SSSR count). The highest BCUT2D eigenvalue weighted by Gasteiger charge is 2.22. The van der Waals surface area contributed by atoms with Crippen molar-refractivity contribution >= 4 is 15.9 Å². The number of aromatic nitrogens is 2. The fourth-order valence-electron chi connectivity index (χ4n) is 1.34. The highest BCUT2D eigenvalue weighted by molar-refractivity contribution is 9.09. The van der Waals surface area contributed by atoms with Crippen LogP contribution in [0.1, 0.15) is 25.1 Å². The van der Waals surface area contributed by atoms with Gasteiger partial charge in [0.05, 0.1) is 5.69 Å². The lowest BCUT2D eigenvalue weighted by molar-refractivity contribution is 0.602. The zero-order chi connectivity index (χ0) is 9.35. The highest BCUT2D eigenvalue weighted by atomic mass is 79.9. The van der Waals surface area contributed by atoms with Crippen LogP contribution in [-0.4, -0.2) is 15.1 Å². The first kappa shape index (κ1) is 9.78. The summed E-state index contributed by atoms with van der Waals surface area (Å²) >= 11 is 3.51. The Bertz CT molecular complexity index is 276. The van der Waals surface area contributed by atoms with E-state index in [9.17, 15) is 0 Å². The summed E-state index contributed by atoms with van der Waals surface area (Å²) in [4.78, 5) is 0. The predicted octanol–water partition coefficient (Wildman–Crippen LogP) is 2.40. The van der Waals surface area contributed by atoms with Gasteiger partial charge in [0.15, 0.2) is 0 Å². The van der Waals surface area contributed by atoms with Crippen LogP contribution in [0.2, 0.25) is 0 Å². The van der Waals surface area contributed by atoms with Crippen molar-refractivity contribution in [3.8, 4) is 0 Å². The average Bonchev–Trinajstić information content (AvgIpc) is 2.31. The average molecular weight is 231 g/mol. The van der Waals surface area contributed by atoms with Crippen molar-refractivity contribution in [1.82, 2.24) is 9.78 Å². The van der Waals surface area contributed by atoms with E-state index in [1.165, 1.54) is 5.56 Å². The summed E-state index contributed by atoms with van der Waals surface area (Å²) in [5.74, 6) is 0. The molecule has 12 heavy (non-hydrogen) atoms. The molecule has 1 aromatic heterocycles.